The third kappa shape index (κ3) is 3.05. The van der Waals surface area contributed by atoms with Crippen molar-refractivity contribution in [3.8, 4) is 0 Å². The molecule has 3 atom stereocenters. The van der Waals surface area contributed by atoms with Crippen molar-refractivity contribution in [1.29, 1.82) is 0 Å². The van der Waals surface area contributed by atoms with Crippen LogP contribution in [0.2, 0.25) is 0 Å². The Morgan fingerprint density at radius 3 is 2.59 bits per heavy atom. The Labute approximate surface area is 158 Å². The molecular formula is C18H19N3O5S. The average Bonchev–Trinajstić information content (AvgIpc) is 3.23. The molecule has 1 aliphatic heterocycles. The summed E-state index contributed by atoms with van der Waals surface area (Å²) in [5.74, 6) is -1.83. The van der Waals surface area contributed by atoms with Gasteiger partial charge in [0.1, 0.15) is 12.6 Å². The van der Waals surface area contributed by atoms with Crippen molar-refractivity contribution in [2.75, 3.05) is 0 Å². The number of thiazole rings is 1. The minimum Gasteiger partial charge on any atom is -0.458 e. The Hall–Kier alpha value is -2.55. The van der Waals surface area contributed by atoms with Gasteiger partial charge in [0.2, 0.25) is 11.8 Å². The summed E-state index contributed by atoms with van der Waals surface area (Å²) in [5.41, 5.74) is 0.0741. The van der Waals surface area contributed by atoms with E-state index >= 15 is 0 Å². The highest BCUT2D eigenvalue weighted by molar-refractivity contribution is 7.15. The number of hydrogen-bond donors (Lipinski definition) is 0. The van der Waals surface area contributed by atoms with Crippen molar-refractivity contribution < 1.29 is 19.1 Å². The molecule has 1 aliphatic carbocycles. The second-order valence-electron chi connectivity index (χ2n) is 6.97. The van der Waals surface area contributed by atoms with E-state index in [1.54, 1.807) is 11.6 Å². The van der Waals surface area contributed by atoms with Crippen LogP contribution in [0.3, 0.4) is 0 Å². The van der Waals surface area contributed by atoms with Crippen molar-refractivity contribution >= 4 is 34.1 Å². The maximum Gasteiger partial charge on any atom is 0.329 e. The van der Waals surface area contributed by atoms with Gasteiger partial charge < -0.3 is 4.74 Å². The molecule has 4 rings (SSSR count). The predicted octanol–water partition coefficient (Wildman–Crippen LogP) is 1.36. The molecule has 2 aliphatic rings. The number of esters is 1. The van der Waals surface area contributed by atoms with Crippen LogP contribution in [0.4, 0.5) is 0 Å². The molecule has 2 fully saturated rings. The van der Waals surface area contributed by atoms with Crippen molar-refractivity contribution in [3.63, 3.8) is 0 Å². The summed E-state index contributed by atoms with van der Waals surface area (Å²) in [6.45, 7) is 1.32. The Bertz CT molecular complexity index is 957. The smallest absolute Gasteiger partial charge is 0.329 e. The second-order valence-corrected chi connectivity index (χ2v) is 7.84. The van der Waals surface area contributed by atoms with E-state index in [2.05, 4.69) is 4.98 Å². The van der Waals surface area contributed by atoms with Gasteiger partial charge in [0.25, 0.3) is 5.56 Å². The summed E-state index contributed by atoms with van der Waals surface area (Å²) < 4.78 is 6.65. The third-order valence-corrected chi connectivity index (χ3v) is 6.08. The number of carbonyl (C=O) groups excluding carboxylic acids is 3. The first-order chi connectivity index (χ1) is 13.0. The first kappa shape index (κ1) is 17.8. The van der Waals surface area contributed by atoms with Crippen LogP contribution >= 0.6 is 11.3 Å². The molecule has 1 saturated heterocycles. The molecule has 0 unspecified atom stereocenters. The lowest BCUT2D eigenvalue weighted by molar-refractivity contribution is -0.159. The molecule has 142 valence electrons. The number of aromatic nitrogens is 2. The van der Waals surface area contributed by atoms with E-state index < -0.39 is 12.0 Å². The number of carbonyl (C=O) groups is 3. The molecule has 2 amide bonds. The molecule has 0 N–H and O–H groups in total. The van der Waals surface area contributed by atoms with Gasteiger partial charge >= 0.3 is 5.97 Å². The fraction of sp³-hybridized carbons (Fsp3) is 0.500. The molecule has 1 saturated carbocycles. The zero-order chi connectivity index (χ0) is 19.1. The van der Waals surface area contributed by atoms with Crippen LogP contribution in [-0.4, -0.2) is 38.1 Å². The molecule has 27 heavy (non-hydrogen) atoms. The highest BCUT2D eigenvalue weighted by atomic mass is 32.1. The van der Waals surface area contributed by atoms with E-state index in [4.69, 9.17) is 4.74 Å². The first-order valence-electron chi connectivity index (χ1n) is 8.96. The van der Waals surface area contributed by atoms with Gasteiger partial charge in [-0.2, -0.15) is 0 Å². The van der Waals surface area contributed by atoms with Gasteiger partial charge in [0.15, 0.2) is 4.96 Å². The molecular weight excluding hydrogens is 370 g/mol. The predicted molar refractivity (Wildman–Crippen MR) is 95.9 cm³/mol. The number of rotatable bonds is 4. The lowest BCUT2D eigenvalue weighted by atomic mass is 9.81. The summed E-state index contributed by atoms with van der Waals surface area (Å²) in [6, 6.07) is 0.320. The number of likely N-dealkylation sites (tertiary alicyclic amines) is 1. The standard InChI is InChI=1S/C18H19N3O5S/c1-10(21-15(23)12-4-2-3-5-13(12)16(21)24)17(25)26-9-11-8-14(22)20-6-7-27-18(20)19-11/h6-8,10,12-13H,2-5,9H2,1H3/t10-,12+,13+/m0/s1. The van der Waals surface area contributed by atoms with E-state index in [-0.39, 0.29) is 35.8 Å². The van der Waals surface area contributed by atoms with E-state index in [1.807, 2.05) is 0 Å². The number of hydrogen-bond acceptors (Lipinski definition) is 7. The van der Waals surface area contributed by atoms with Crippen LogP contribution in [0.5, 0.6) is 0 Å². The van der Waals surface area contributed by atoms with Crippen LogP contribution < -0.4 is 5.56 Å². The Morgan fingerprint density at radius 1 is 1.26 bits per heavy atom. The molecule has 2 aromatic heterocycles. The highest BCUT2D eigenvalue weighted by Crippen LogP contribution is 2.38. The summed E-state index contributed by atoms with van der Waals surface area (Å²) in [4.78, 5) is 55.4. The van der Waals surface area contributed by atoms with Crippen LogP contribution in [0.15, 0.2) is 22.4 Å². The molecule has 0 aromatic carbocycles. The van der Waals surface area contributed by atoms with Gasteiger partial charge in [-0.25, -0.2) is 9.78 Å². The van der Waals surface area contributed by atoms with E-state index in [1.165, 1.54) is 28.7 Å². The zero-order valence-corrected chi connectivity index (χ0v) is 15.6. The lowest BCUT2D eigenvalue weighted by Gasteiger charge is -2.21. The quantitative estimate of drug-likeness (QED) is 0.578. The molecule has 3 heterocycles. The van der Waals surface area contributed by atoms with Crippen LogP contribution in [0.25, 0.3) is 4.96 Å². The van der Waals surface area contributed by atoms with E-state index in [9.17, 15) is 19.2 Å². The van der Waals surface area contributed by atoms with Crippen molar-refractivity contribution in [2.24, 2.45) is 11.8 Å². The van der Waals surface area contributed by atoms with Gasteiger partial charge in [0, 0.05) is 17.6 Å². The minimum absolute atomic E-state index is 0.185. The molecule has 0 radical (unpaired) electrons. The maximum absolute atomic E-state index is 12.6. The highest BCUT2D eigenvalue weighted by Gasteiger charge is 2.51. The zero-order valence-electron chi connectivity index (χ0n) is 14.8. The number of ether oxygens (including phenoxy) is 1. The van der Waals surface area contributed by atoms with Crippen LogP contribution in [-0.2, 0) is 25.7 Å². The molecule has 9 heteroatoms. The number of fused-ring (bicyclic) bond motifs is 2. The molecule has 2 aromatic rings. The van der Waals surface area contributed by atoms with Crippen LogP contribution in [0.1, 0.15) is 38.3 Å². The number of amides is 2. The Kier molecular flexibility index (Phi) is 4.55. The fourth-order valence-corrected chi connectivity index (χ4v) is 4.64. The molecule has 8 nitrogen and oxygen atoms in total. The second kappa shape index (κ2) is 6.88. The number of imide groups is 1. The van der Waals surface area contributed by atoms with Crippen LogP contribution in [0, 0.1) is 11.8 Å². The Morgan fingerprint density at radius 2 is 1.93 bits per heavy atom. The van der Waals surface area contributed by atoms with Gasteiger partial charge in [-0.05, 0) is 19.8 Å². The number of nitrogens with zero attached hydrogens (tertiary/aromatic N) is 3. The molecule has 0 bridgehead atoms. The topological polar surface area (TPSA) is 98.1 Å². The van der Waals surface area contributed by atoms with E-state index in [0.717, 1.165) is 17.7 Å². The average molecular weight is 389 g/mol. The third-order valence-electron chi connectivity index (χ3n) is 5.32. The molecule has 0 spiro atoms. The van der Waals surface area contributed by atoms with Gasteiger partial charge in [0.05, 0.1) is 17.5 Å². The largest absolute Gasteiger partial charge is 0.458 e. The van der Waals surface area contributed by atoms with Crippen molar-refractivity contribution in [1.82, 2.24) is 14.3 Å². The van der Waals surface area contributed by atoms with Crippen molar-refractivity contribution in [3.05, 3.63) is 33.7 Å². The van der Waals surface area contributed by atoms with Gasteiger partial charge in [-0.3, -0.25) is 23.7 Å². The summed E-state index contributed by atoms with van der Waals surface area (Å²) >= 11 is 1.30. The summed E-state index contributed by atoms with van der Waals surface area (Å²) in [5, 5.41) is 1.74. The summed E-state index contributed by atoms with van der Waals surface area (Å²) in [6.07, 6.45) is 4.88. The normalized spacial score (nSPS) is 23.5. The SMILES string of the molecule is C[C@@H](C(=O)OCc1cc(=O)n2ccsc2n1)N1C(=O)[C@@H]2CCCC[C@H]2C1=O. The first-order valence-corrected chi connectivity index (χ1v) is 9.84. The van der Waals surface area contributed by atoms with Gasteiger partial charge in [-0.15, -0.1) is 11.3 Å². The summed E-state index contributed by atoms with van der Waals surface area (Å²) in [7, 11) is 0. The lowest BCUT2D eigenvalue weighted by Crippen LogP contribution is -2.44. The Balaban J connectivity index is 1.45. The fourth-order valence-electron chi connectivity index (χ4n) is 3.90. The maximum atomic E-state index is 12.6. The van der Waals surface area contributed by atoms with Gasteiger partial charge in [-0.1, -0.05) is 12.8 Å². The monoisotopic (exact) mass is 389 g/mol. The minimum atomic E-state index is -0.984. The van der Waals surface area contributed by atoms with Crippen molar-refractivity contribution in [2.45, 2.75) is 45.3 Å². The van der Waals surface area contributed by atoms with E-state index in [0.29, 0.717) is 23.5 Å².